The number of nitrogens with zero attached hydrogens (tertiary/aromatic N) is 1. The maximum absolute atomic E-state index is 13.4. The number of carbonyl (C=O) groups is 2. The second-order valence-corrected chi connectivity index (χ2v) is 12.5. The molecule has 1 heterocycles. The topological polar surface area (TPSA) is 86.8 Å². The van der Waals surface area contributed by atoms with Crippen LogP contribution in [0.1, 0.15) is 60.4 Å². The fourth-order valence-electron chi connectivity index (χ4n) is 4.98. The first-order chi connectivity index (χ1) is 22.1. The average Bonchev–Trinajstić information content (AvgIpc) is 3.04. The molecule has 1 atom stereocenters. The Morgan fingerprint density at radius 3 is 2.26 bits per heavy atom. The molecule has 0 aliphatic heterocycles. The molecule has 0 radical (unpaired) electrons. The molecule has 7 nitrogen and oxygen atoms in total. The summed E-state index contributed by atoms with van der Waals surface area (Å²) < 4.78 is 16.9. The Bertz CT molecular complexity index is 1810. The van der Waals surface area contributed by atoms with Crippen molar-refractivity contribution in [2.75, 3.05) is 13.7 Å². The summed E-state index contributed by atoms with van der Waals surface area (Å²) in [6.07, 6.45) is 2.31. The fraction of sp³-hybridized carbons (Fsp3) is 0.237. The molecule has 0 saturated heterocycles. The smallest absolute Gasteiger partial charge is 0.307 e. The predicted molar refractivity (Wildman–Crippen MR) is 181 cm³/mol. The van der Waals surface area contributed by atoms with E-state index >= 15 is 0 Å². The van der Waals surface area contributed by atoms with Gasteiger partial charge in [0.15, 0.2) is 0 Å². The van der Waals surface area contributed by atoms with Crippen LogP contribution < -0.4 is 14.8 Å². The van der Waals surface area contributed by atoms with Crippen LogP contribution in [0.4, 0.5) is 0 Å². The molecule has 46 heavy (non-hydrogen) atoms. The summed E-state index contributed by atoms with van der Waals surface area (Å²) in [5, 5.41) is 5.31. The molecule has 1 unspecified atom stereocenters. The Hall–Kier alpha value is -4.88. The van der Waals surface area contributed by atoms with E-state index in [0.717, 1.165) is 27.6 Å². The lowest BCUT2D eigenvalue weighted by Crippen LogP contribution is -2.31. The van der Waals surface area contributed by atoms with E-state index in [1.165, 1.54) is 12.7 Å². The van der Waals surface area contributed by atoms with Crippen LogP contribution >= 0.6 is 11.6 Å². The lowest BCUT2D eigenvalue weighted by Gasteiger charge is -2.19. The van der Waals surface area contributed by atoms with Crippen molar-refractivity contribution in [2.24, 2.45) is 0 Å². The van der Waals surface area contributed by atoms with Gasteiger partial charge in [-0.05, 0) is 88.2 Å². The van der Waals surface area contributed by atoms with Gasteiger partial charge in [0.2, 0.25) is 0 Å². The Morgan fingerprint density at radius 1 is 0.848 bits per heavy atom. The van der Waals surface area contributed by atoms with Crippen LogP contribution in [-0.4, -0.2) is 30.6 Å². The van der Waals surface area contributed by atoms with Crippen LogP contribution in [0.5, 0.6) is 17.2 Å². The largest absolute Gasteiger partial charge is 0.493 e. The number of carbonyl (C=O) groups excluding carboxylic acids is 2. The lowest BCUT2D eigenvalue weighted by atomic mass is 9.87. The highest BCUT2D eigenvalue weighted by atomic mass is 35.5. The molecule has 0 fully saturated rings. The molecule has 5 aromatic rings. The van der Waals surface area contributed by atoms with Crippen LogP contribution in [-0.2, 0) is 21.4 Å². The van der Waals surface area contributed by atoms with Gasteiger partial charge < -0.3 is 19.5 Å². The fourth-order valence-corrected chi connectivity index (χ4v) is 5.19. The van der Waals surface area contributed by atoms with Gasteiger partial charge >= 0.3 is 5.97 Å². The lowest BCUT2D eigenvalue weighted by molar-refractivity contribution is -0.141. The van der Waals surface area contributed by atoms with E-state index in [0.29, 0.717) is 29.5 Å². The molecule has 0 bridgehead atoms. The van der Waals surface area contributed by atoms with Gasteiger partial charge in [-0.2, -0.15) is 0 Å². The van der Waals surface area contributed by atoms with Gasteiger partial charge in [0.05, 0.1) is 26.2 Å². The zero-order valence-electron chi connectivity index (χ0n) is 26.4. The normalized spacial score (nSPS) is 11.9. The molecular formula is C38H37ClN2O5. The Morgan fingerprint density at radius 2 is 1.57 bits per heavy atom. The summed E-state index contributed by atoms with van der Waals surface area (Å²) in [7, 11) is 1.32. The Balaban J connectivity index is 1.27. The molecular weight excluding hydrogens is 600 g/mol. The van der Waals surface area contributed by atoms with Crippen molar-refractivity contribution in [3.63, 3.8) is 0 Å². The number of esters is 1. The van der Waals surface area contributed by atoms with E-state index in [4.69, 9.17) is 25.8 Å². The van der Waals surface area contributed by atoms with Crippen LogP contribution in [0.25, 0.3) is 10.8 Å². The number of amides is 1. The van der Waals surface area contributed by atoms with Crippen molar-refractivity contribution in [3.8, 4) is 17.2 Å². The van der Waals surface area contributed by atoms with E-state index < -0.39 is 17.9 Å². The van der Waals surface area contributed by atoms with Crippen molar-refractivity contribution in [1.29, 1.82) is 0 Å². The van der Waals surface area contributed by atoms with Gasteiger partial charge in [-0.3, -0.25) is 14.6 Å². The summed E-state index contributed by atoms with van der Waals surface area (Å²) in [4.78, 5) is 30.1. The second-order valence-electron chi connectivity index (χ2n) is 12.1. The minimum Gasteiger partial charge on any atom is -0.493 e. The number of rotatable bonds is 11. The van der Waals surface area contributed by atoms with E-state index in [-0.39, 0.29) is 17.5 Å². The maximum atomic E-state index is 13.4. The van der Waals surface area contributed by atoms with Crippen molar-refractivity contribution >= 4 is 34.2 Å². The number of methoxy groups -OCH3 is 1. The summed E-state index contributed by atoms with van der Waals surface area (Å²) in [6.45, 7) is 6.99. The number of ether oxygens (including phenoxy) is 3. The first-order valence-corrected chi connectivity index (χ1v) is 15.5. The minimum atomic E-state index is -0.635. The zero-order valence-corrected chi connectivity index (χ0v) is 27.1. The Labute approximate surface area is 274 Å². The molecule has 0 spiro atoms. The number of hydrogen-bond donors (Lipinski definition) is 1. The molecule has 1 amide bonds. The van der Waals surface area contributed by atoms with Gasteiger partial charge in [-0.1, -0.05) is 68.8 Å². The molecule has 0 saturated carbocycles. The number of pyridine rings is 1. The van der Waals surface area contributed by atoms with Crippen molar-refractivity contribution < 1.29 is 23.8 Å². The van der Waals surface area contributed by atoms with E-state index in [2.05, 4.69) is 43.2 Å². The first-order valence-electron chi connectivity index (χ1n) is 15.1. The first kappa shape index (κ1) is 32.5. The maximum Gasteiger partial charge on any atom is 0.307 e. The molecule has 4 aromatic carbocycles. The summed E-state index contributed by atoms with van der Waals surface area (Å²) in [6, 6.07) is 29.7. The quantitative estimate of drug-likeness (QED) is 0.146. The van der Waals surface area contributed by atoms with E-state index in [1.54, 1.807) is 12.3 Å². The number of fused-ring (bicyclic) bond motifs is 1. The predicted octanol–water partition coefficient (Wildman–Crippen LogP) is 8.63. The average molecular weight is 637 g/mol. The van der Waals surface area contributed by atoms with E-state index in [1.807, 2.05) is 78.9 Å². The number of aromatic nitrogens is 1. The van der Waals surface area contributed by atoms with E-state index in [9.17, 15) is 9.59 Å². The van der Waals surface area contributed by atoms with Gasteiger partial charge in [0.25, 0.3) is 5.91 Å². The van der Waals surface area contributed by atoms with Gasteiger partial charge in [0.1, 0.15) is 22.9 Å². The van der Waals surface area contributed by atoms with Gasteiger partial charge in [-0.25, -0.2) is 0 Å². The second kappa shape index (κ2) is 14.5. The molecule has 236 valence electrons. The number of benzene rings is 4. The number of halogens is 1. The third kappa shape index (κ3) is 8.64. The van der Waals surface area contributed by atoms with Gasteiger partial charge in [-0.15, -0.1) is 0 Å². The van der Waals surface area contributed by atoms with Crippen molar-refractivity contribution in [2.45, 2.75) is 45.1 Å². The summed E-state index contributed by atoms with van der Waals surface area (Å²) in [5.41, 5.74) is 3.31. The minimum absolute atomic E-state index is 0.0449. The van der Waals surface area contributed by atoms with Crippen LogP contribution in [0.15, 0.2) is 103 Å². The Kier molecular flexibility index (Phi) is 10.2. The third-order valence-electron chi connectivity index (χ3n) is 7.62. The molecule has 8 heteroatoms. The summed E-state index contributed by atoms with van der Waals surface area (Å²) >= 11 is 6.07. The zero-order chi connectivity index (χ0) is 32.7. The monoisotopic (exact) mass is 636 g/mol. The molecule has 0 aliphatic rings. The SMILES string of the molecule is COC(=O)CC(NC(=O)c1cc2cc(Oc3ccc(C(C)(C)C)cc3)ccc2cn1)c1ccc(OCCc2cccc(Cl)c2)cc1. The van der Waals surface area contributed by atoms with Crippen LogP contribution in [0, 0.1) is 0 Å². The van der Waals surface area contributed by atoms with Crippen molar-refractivity contribution in [1.82, 2.24) is 10.3 Å². The number of nitrogens with one attached hydrogen (secondary N) is 1. The third-order valence-corrected chi connectivity index (χ3v) is 7.85. The van der Waals surface area contributed by atoms with Gasteiger partial charge in [0, 0.05) is 23.0 Å². The standard InChI is InChI=1S/C38H37ClN2O5/c1-38(2,3)29-11-16-32(17-12-29)46-33-15-10-27-24-40-35(22-28(27)21-33)37(43)41-34(23-36(42)44-4)26-8-13-31(14-9-26)45-19-18-25-6-5-7-30(39)20-25/h5-17,20-22,24,34H,18-19,23H2,1-4H3,(H,41,43). The highest BCUT2D eigenvalue weighted by Crippen LogP contribution is 2.29. The van der Waals surface area contributed by atoms with Crippen LogP contribution in [0.2, 0.25) is 5.02 Å². The van der Waals surface area contributed by atoms with Crippen LogP contribution in [0.3, 0.4) is 0 Å². The molecule has 0 aliphatic carbocycles. The highest BCUT2D eigenvalue weighted by molar-refractivity contribution is 6.30. The molecule has 1 N–H and O–H groups in total. The summed E-state index contributed by atoms with van der Waals surface area (Å²) in [5.74, 6) is 1.18. The highest BCUT2D eigenvalue weighted by Gasteiger charge is 2.21. The molecule has 5 rings (SSSR count). The molecule has 1 aromatic heterocycles. The number of hydrogen-bond acceptors (Lipinski definition) is 6. The van der Waals surface area contributed by atoms with Crippen molar-refractivity contribution in [3.05, 3.63) is 131 Å².